The number of carbonyl (C=O) groups is 2. The van der Waals surface area contributed by atoms with Gasteiger partial charge in [0, 0.05) is 5.92 Å². The minimum Gasteiger partial charge on any atom is -0.487 e. The molecule has 0 bridgehead atoms. The van der Waals surface area contributed by atoms with Crippen LogP contribution in [0.15, 0.2) is 18.2 Å². The van der Waals surface area contributed by atoms with Gasteiger partial charge in [0.1, 0.15) is 11.9 Å². The van der Waals surface area contributed by atoms with Crippen molar-refractivity contribution in [3.8, 4) is 5.75 Å². The number of carboxylic acids is 1. The summed E-state index contributed by atoms with van der Waals surface area (Å²) < 4.78 is 5.86. The average molecular weight is 317 g/mol. The average Bonchev–Trinajstić information content (AvgIpc) is 2.53. The Morgan fingerprint density at radius 2 is 1.83 bits per heavy atom. The molecule has 1 aliphatic carbocycles. The molecule has 1 heterocycles. The van der Waals surface area contributed by atoms with Crippen molar-refractivity contribution in [2.24, 2.45) is 11.8 Å². The number of anilines is 1. The Morgan fingerprint density at radius 3 is 2.48 bits per heavy atom. The molecule has 3 rings (SSSR count). The summed E-state index contributed by atoms with van der Waals surface area (Å²) in [7, 11) is 0. The van der Waals surface area contributed by atoms with E-state index >= 15 is 0 Å². The number of benzene rings is 1. The molecule has 23 heavy (non-hydrogen) atoms. The van der Waals surface area contributed by atoms with Crippen molar-refractivity contribution in [1.82, 2.24) is 0 Å². The van der Waals surface area contributed by atoms with Crippen molar-refractivity contribution in [3.05, 3.63) is 23.8 Å². The number of fused-ring (bicyclic) bond motifs is 1. The molecule has 1 aromatic rings. The van der Waals surface area contributed by atoms with E-state index in [0.717, 1.165) is 17.0 Å². The van der Waals surface area contributed by atoms with Gasteiger partial charge in [-0.25, -0.2) is 0 Å². The summed E-state index contributed by atoms with van der Waals surface area (Å²) in [5, 5.41) is 9.09. The minimum absolute atomic E-state index is 0.0383. The zero-order valence-corrected chi connectivity index (χ0v) is 13.6. The van der Waals surface area contributed by atoms with Crippen LogP contribution >= 0.6 is 0 Å². The molecule has 5 heteroatoms. The van der Waals surface area contributed by atoms with Gasteiger partial charge in [-0.1, -0.05) is 6.07 Å². The van der Waals surface area contributed by atoms with Gasteiger partial charge in [0.05, 0.1) is 18.2 Å². The van der Waals surface area contributed by atoms with E-state index in [1.165, 1.54) is 0 Å². The van der Waals surface area contributed by atoms with Gasteiger partial charge in [0.2, 0.25) is 5.91 Å². The number of aryl methyl sites for hydroxylation is 1. The van der Waals surface area contributed by atoms with Crippen LogP contribution in [0.5, 0.6) is 5.75 Å². The van der Waals surface area contributed by atoms with E-state index in [4.69, 9.17) is 9.84 Å². The lowest BCUT2D eigenvalue weighted by Crippen LogP contribution is -2.45. The highest BCUT2D eigenvalue weighted by molar-refractivity contribution is 5.97. The van der Waals surface area contributed by atoms with Crippen LogP contribution in [0.3, 0.4) is 0 Å². The van der Waals surface area contributed by atoms with Crippen molar-refractivity contribution in [3.63, 3.8) is 0 Å². The lowest BCUT2D eigenvalue weighted by atomic mass is 9.81. The molecule has 0 aromatic heterocycles. The van der Waals surface area contributed by atoms with Gasteiger partial charge in [-0.3, -0.25) is 9.59 Å². The Kier molecular flexibility index (Phi) is 4.28. The minimum atomic E-state index is -0.739. The Balaban J connectivity index is 1.77. The van der Waals surface area contributed by atoms with Gasteiger partial charge in [-0.2, -0.15) is 0 Å². The van der Waals surface area contributed by atoms with E-state index in [-0.39, 0.29) is 23.8 Å². The first-order valence-corrected chi connectivity index (χ1v) is 8.27. The SMILES string of the molecule is Cc1ccc2c(c1)OC(C)CN2C(=O)C1CCC(C(=O)O)CC1. The molecule has 1 saturated carbocycles. The van der Waals surface area contributed by atoms with Gasteiger partial charge >= 0.3 is 5.97 Å². The molecule has 1 fully saturated rings. The first kappa shape index (κ1) is 15.8. The second kappa shape index (κ2) is 6.22. The van der Waals surface area contributed by atoms with Crippen LogP contribution in [0.1, 0.15) is 38.2 Å². The van der Waals surface area contributed by atoms with Crippen molar-refractivity contribution in [2.45, 2.75) is 45.6 Å². The molecular weight excluding hydrogens is 294 g/mol. The third kappa shape index (κ3) is 3.19. The first-order chi connectivity index (χ1) is 11.0. The molecule has 1 N–H and O–H groups in total. The summed E-state index contributed by atoms with van der Waals surface area (Å²) >= 11 is 0. The predicted octanol–water partition coefficient (Wildman–Crippen LogP) is 3.00. The van der Waals surface area contributed by atoms with Crippen LogP contribution in [0.4, 0.5) is 5.69 Å². The van der Waals surface area contributed by atoms with E-state index in [1.807, 2.05) is 36.9 Å². The highest BCUT2D eigenvalue weighted by Crippen LogP contribution is 2.37. The van der Waals surface area contributed by atoms with Crippen LogP contribution < -0.4 is 9.64 Å². The smallest absolute Gasteiger partial charge is 0.306 e. The predicted molar refractivity (Wildman–Crippen MR) is 86.7 cm³/mol. The molecule has 0 spiro atoms. The molecule has 0 radical (unpaired) electrons. The van der Waals surface area contributed by atoms with Crippen molar-refractivity contribution < 1.29 is 19.4 Å². The van der Waals surface area contributed by atoms with Gasteiger partial charge in [-0.15, -0.1) is 0 Å². The van der Waals surface area contributed by atoms with E-state index in [0.29, 0.717) is 32.2 Å². The monoisotopic (exact) mass is 317 g/mol. The fourth-order valence-corrected chi connectivity index (χ4v) is 3.56. The second-order valence-electron chi connectivity index (χ2n) is 6.74. The molecule has 1 aromatic carbocycles. The molecular formula is C18H23NO4. The van der Waals surface area contributed by atoms with Gasteiger partial charge < -0.3 is 14.7 Å². The number of hydrogen-bond donors (Lipinski definition) is 1. The van der Waals surface area contributed by atoms with E-state index in [2.05, 4.69) is 0 Å². The zero-order chi connectivity index (χ0) is 16.6. The Hall–Kier alpha value is -2.04. The van der Waals surface area contributed by atoms with Crippen LogP contribution in [-0.4, -0.2) is 29.6 Å². The maximum absolute atomic E-state index is 12.9. The van der Waals surface area contributed by atoms with Crippen LogP contribution in [0.25, 0.3) is 0 Å². The molecule has 1 amide bonds. The maximum Gasteiger partial charge on any atom is 0.306 e. The molecule has 2 aliphatic rings. The van der Waals surface area contributed by atoms with Crippen LogP contribution in [0.2, 0.25) is 0 Å². The Bertz CT molecular complexity index is 619. The van der Waals surface area contributed by atoms with Gasteiger partial charge in [0.25, 0.3) is 0 Å². The van der Waals surface area contributed by atoms with Crippen LogP contribution in [0, 0.1) is 18.8 Å². The Morgan fingerprint density at radius 1 is 1.17 bits per heavy atom. The zero-order valence-electron chi connectivity index (χ0n) is 13.6. The summed E-state index contributed by atoms with van der Waals surface area (Å²) in [4.78, 5) is 25.8. The van der Waals surface area contributed by atoms with Crippen molar-refractivity contribution in [2.75, 3.05) is 11.4 Å². The van der Waals surface area contributed by atoms with E-state index < -0.39 is 5.97 Å². The summed E-state index contributed by atoms with van der Waals surface area (Å²) in [5.74, 6) is -0.246. The second-order valence-corrected chi connectivity index (χ2v) is 6.74. The highest BCUT2D eigenvalue weighted by Gasteiger charge is 2.35. The third-order valence-electron chi connectivity index (χ3n) is 4.87. The van der Waals surface area contributed by atoms with Crippen LogP contribution in [-0.2, 0) is 9.59 Å². The number of carboxylic acid groups (broad SMARTS) is 1. The van der Waals surface area contributed by atoms with Crippen molar-refractivity contribution in [1.29, 1.82) is 0 Å². The number of rotatable bonds is 2. The standard InChI is InChI=1S/C18H23NO4/c1-11-3-8-15-16(9-11)23-12(2)10-19(15)17(20)13-4-6-14(7-5-13)18(21)22/h3,8-9,12-14H,4-7,10H2,1-2H3,(H,21,22). The highest BCUT2D eigenvalue weighted by atomic mass is 16.5. The number of ether oxygens (including phenoxy) is 1. The molecule has 1 atom stereocenters. The van der Waals surface area contributed by atoms with E-state index in [9.17, 15) is 9.59 Å². The quantitative estimate of drug-likeness (QED) is 0.910. The fourth-order valence-electron chi connectivity index (χ4n) is 3.56. The lowest BCUT2D eigenvalue weighted by Gasteiger charge is -2.37. The summed E-state index contributed by atoms with van der Waals surface area (Å²) in [6.45, 7) is 4.52. The molecule has 0 saturated heterocycles. The molecule has 1 aliphatic heterocycles. The van der Waals surface area contributed by atoms with Gasteiger partial charge in [0.15, 0.2) is 0 Å². The number of hydrogen-bond acceptors (Lipinski definition) is 3. The maximum atomic E-state index is 12.9. The molecule has 124 valence electrons. The van der Waals surface area contributed by atoms with E-state index in [1.54, 1.807) is 0 Å². The number of carbonyl (C=O) groups excluding carboxylic acids is 1. The molecule has 1 unspecified atom stereocenters. The fraction of sp³-hybridized carbons (Fsp3) is 0.556. The number of aliphatic carboxylic acids is 1. The normalized spacial score (nSPS) is 27.0. The summed E-state index contributed by atoms with van der Waals surface area (Å²) in [5.41, 5.74) is 1.94. The summed E-state index contributed by atoms with van der Waals surface area (Å²) in [6, 6.07) is 5.89. The Labute approximate surface area is 136 Å². The first-order valence-electron chi connectivity index (χ1n) is 8.27. The molecule has 5 nitrogen and oxygen atoms in total. The topological polar surface area (TPSA) is 66.8 Å². The largest absolute Gasteiger partial charge is 0.487 e. The number of amides is 1. The number of nitrogens with zero attached hydrogens (tertiary/aromatic N) is 1. The summed E-state index contributed by atoms with van der Waals surface area (Å²) in [6.07, 6.45) is 2.45. The van der Waals surface area contributed by atoms with Gasteiger partial charge in [-0.05, 0) is 57.2 Å². The third-order valence-corrected chi connectivity index (χ3v) is 4.87. The lowest BCUT2D eigenvalue weighted by molar-refractivity contribution is -0.144. The van der Waals surface area contributed by atoms with Crippen molar-refractivity contribution >= 4 is 17.6 Å².